The molecule has 1 rings (SSSR count). The van der Waals surface area contributed by atoms with E-state index in [4.69, 9.17) is 9.31 Å². The highest BCUT2D eigenvalue weighted by atomic mass is 79.9. The lowest BCUT2D eigenvalue weighted by atomic mass is 9.78. The Bertz CT molecular complexity index is 201. The molecule has 1 saturated heterocycles. The van der Waals surface area contributed by atoms with Crippen molar-refractivity contribution in [3.63, 3.8) is 0 Å². The summed E-state index contributed by atoms with van der Waals surface area (Å²) in [4.78, 5) is 0. The van der Waals surface area contributed by atoms with Gasteiger partial charge in [-0.25, -0.2) is 0 Å². The van der Waals surface area contributed by atoms with Gasteiger partial charge in [0.15, 0.2) is 0 Å². The second-order valence-corrected chi connectivity index (χ2v) is 9.30. The molecule has 14 heavy (non-hydrogen) atoms. The zero-order chi connectivity index (χ0) is 11.0. The molecule has 0 saturated carbocycles. The van der Waals surface area contributed by atoms with Gasteiger partial charge in [-0.05, 0) is 34.1 Å². The van der Waals surface area contributed by atoms with Gasteiger partial charge in [0.2, 0.25) is 0 Å². The first kappa shape index (κ1) is 13.0. The maximum atomic E-state index is 5.84. The van der Waals surface area contributed by atoms with Crippen LogP contribution in [0.3, 0.4) is 0 Å². The van der Waals surface area contributed by atoms with Crippen LogP contribution >= 0.6 is 31.9 Å². The van der Waals surface area contributed by atoms with Gasteiger partial charge in [0, 0.05) is 12.4 Å². The van der Waals surface area contributed by atoms with E-state index in [0.29, 0.717) is 0 Å². The van der Waals surface area contributed by atoms with Crippen molar-refractivity contribution in [2.45, 2.75) is 55.4 Å². The van der Waals surface area contributed by atoms with Gasteiger partial charge in [0.05, 0.1) is 8.83 Å². The number of rotatable bonds is 2. The highest BCUT2D eigenvalue weighted by Crippen LogP contribution is 2.35. The number of alkyl halides is 2. The van der Waals surface area contributed by atoms with Crippen molar-refractivity contribution in [3.05, 3.63) is 0 Å². The van der Waals surface area contributed by atoms with Crippen LogP contribution in [0.25, 0.3) is 0 Å². The molecule has 0 amide bonds. The van der Waals surface area contributed by atoms with E-state index in [2.05, 4.69) is 52.6 Å². The van der Waals surface area contributed by atoms with Crippen molar-refractivity contribution in [3.8, 4) is 0 Å². The molecule has 1 fully saturated rings. The highest BCUT2D eigenvalue weighted by Gasteiger charge is 2.39. The zero-order valence-electron chi connectivity index (χ0n) is 9.14. The molecule has 0 aromatic carbocycles. The number of hydrogen-bond acceptors (Lipinski definition) is 2. The Kier molecular flexibility index (Phi) is 4.13. The molecule has 2 nitrogen and oxygen atoms in total. The van der Waals surface area contributed by atoms with E-state index in [-0.39, 0.29) is 22.1 Å². The molecular formula is C9H17BBr2O2. The third-order valence-corrected chi connectivity index (χ3v) is 2.79. The molecule has 0 aromatic heterocycles. The maximum absolute atomic E-state index is 5.84. The summed E-state index contributed by atoms with van der Waals surface area (Å²) in [6, 6.07) is 0. The van der Waals surface area contributed by atoms with Crippen molar-refractivity contribution in [1.29, 1.82) is 0 Å². The van der Waals surface area contributed by atoms with Crippen LogP contribution in [-0.4, -0.2) is 22.1 Å². The van der Waals surface area contributed by atoms with Gasteiger partial charge in [0.25, 0.3) is 0 Å². The van der Waals surface area contributed by atoms with Crippen LogP contribution in [-0.2, 0) is 9.31 Å². The predicted molar refractivity (Wildman–Crippen MR) is 67.1 cm³/mol. The minimum absolute atomic E-state index is 0.0758. The lowest BCUT2D eigenvalue weighted by Gasteiger charge is -2.39. The third-order valence-electron chi connectivity index (χ3n) is 2.14. The van der Waals surface area contributed by atoms with E-state index < -0.39 is 0 Å². The van der Waals surface area contributed by atoms with Crippen molar-refractivity contribution in [1.82, 2.24) is 0 Å². The Morgan fingerprint density at radius 1 is 1.50 bits per heavy atom. The quantitative estimate of drug-likeness (QED) is 0.570. The molecule has 82 valence electrons. The molecule has 1 heterocycles. The normalized spacial score (nSPS) is 27.9. The van der Waals surface area contributed by atoms with Gasteiger partial charge < -0.3 is 9.31 Å². The molecule has 0 aliphatic carbocycles. The molecule has 5 heteroatoms. The average molecular weight is 328 g/mol. The first-order chi connectivity index (χ1) is 6.18. The monoisotopic (exact) mass is 326 g/mol. The average Bonchev–Trinajstić information content (AvgIpc) is 1.74. The molecule has 0 radical (unpaired) electrons. The molecule has 1 atom stereocenters. The largest absolute Gasteiger partial charge is 0.459 e. The summed E-state index contributed by atoms with van der Waals surface area (Å²) in [5.41, 5.74) is -0.0758. The number of halogens is 2. The summed E-state index contributed by atoms with van der Waals surface area (Å²) < 4.78 is 11.4. The lowest BCUT2D eigenvalue weighted by Crippen LogP contribution is -2.47. The smallest absolute Gasteiger partial charge is 0.408 e. The van der Waals surface area contributed by atoms with Crippen LogP contribution < -0.4 is 0 Å². The van der Waals surface area contributed by atoms with Crippen molar-refractivity contribution in [2.24, 2.45) is 0 Å². The zero-order valence-corrected chi connectivity index (χ0v) is 12.3. The van der Waals surface area contributed by atoms with E-state index in [1.165, 1.54) is 0 Å². The second-order valence-electron chi connectivity index (χ2n) is 4.73. The van der Waals surface area contributed by atoms with E-state index in [9.17, 15) is 0 Å². The maximum Gasteiger partial charge on any atom is 0.459 e. The van der Waals surface area contributed by atoms with Gasteiger partial charge in [-0.1, -0.05) is 31.9 Å². The molecule has 1 aliphatic rings. The third kappa shape index (κ3) is 4.64. The van der Waals surface area contributed by atoms with Crippen LogP contribution in [0.15, 0.2) is 0 Å². The van der Waals surface area contributed by atoms with Crippen LogP contribution in [0.5, 0.6) is 0 Å². The van der Waals surface area contributed by atoms with E-state index in [1.807, 2.05) is 6.92 Å². The molecule has 1 unspecified atom stereocenters. The van der Waals surface area contributed by atoms with Gasteiger partial charge >= 0.3 is 7.12 Å². The fourth-order valence-corrected chi connectivity index (χ4v) is 2.34. The van der Waals surface area contributed by atoms with Crippen molar-refractivity contribution in [2.75, 3.05) is 0 Å². The highest BCUT2D eigenvalue weighted by molar-refractivity contribution is 9.25. The topological polar surface area (TPSA) is 18.5 Å². The Balaban J connectivity index is 2.54. The van der Waals surface area contributed by atoms with Crippen LogP contribution in [0.4, 0.5) is 0 Å². The predicted octanol–water partition coefficient (Wildman–Crippen LogP) is 3.58. The Hall–Kier alpha value is 0.945. The first-order valence-corrected chi connectivity index (χ1v) is 6.48. The molecule has 0 bridgehead atoms. The second kappa shape index (κ2) is 4.44. The van der Waals surface area contributed by atoms with Crippen molar-refractivity contribution < 1.29 is 9.31 Å². The van der Waals surface area contributed by atoms with Crippen molar-refractivity contribution >= 4 is 39.0 Å². The molecule has 0 aromatic rings. The van der Waals surface area contributed by atoms with Crippen LogP contribution in [0.2, 0.25) is 6.32 Å². The molecule has 0 spiro atoms. The van der Waals surface area contributed by atoms with E-state index >= 15 is 0 Å². The van der Waals surface area contributed by atoms with E-state index in [1.54, 1.807) is 0 Å². The Labute approximate surface area is 104 Å². The first-order valence-electron chi connectivity index (χ1n) is 4.89. The van der Waals surface area contributed by atoms with Gasteiger partial charge in [-0.3, -0.25) is 0 Å². The molecular weight excluding hydrogens is 311 g/mol. The summed E-state index contributed by atoms with van der Waals surface area (Å²) in [7, 11) is -0.127. The van der Waals surface area contributed by atoms with Gasteiger partial charge in [-0.2, -0.15) is 0 Å². The fourth-order valence-electron chi connectivity index (χ4n) is 1.81. The van der Waals surface area contributed by atoms with Gasteiger partial charge in [-0.15, -0.1) is 0 Å². The summed E-state index contributed by atoms with van der Waals surface area (Å²) in [5, 5.41) is 0. The minimum Gasteiger partial charge on any atom is -0.408 e. The summed E-state index contributed by atoms with van der Waals surface area (Å²) in [6.45, 7) is 8.36. The Morgan fingerprint density at radius 2 is 2.07 bits per heavy atom. The SMILES string of the molecule is CC1CC(C)(C)OB(CC(C)(Br)Br)O1. The Morgan fingerprint density at radius 3 is 2.50 bits per heavy atom. The summed E-state index contributed by atoms with van der Waals surface area (Å²) in [5.74, 6) is 0. The lowest BCUT2D eigenvalue weighted by molar-refractivity contribution is -0.0287. The van der Waals surface area contributed by atoms with Crippen LogP contribution in [0, 0.1) is 0 Å². The molecule has 0 N–H and O–H groups in total. The minimum atomic E-state index is -0.127. The number of hydrogen-bond donors (Lipinski definition) is 0. The van der Waals surface area contributed by atoms with Crippen LogP contribution in [0.1, 0.15) is 34.1 Å². The fraction of sp³-hybridized carbons (Fsp3) is 1.00. The summed E-state index contributed by atoms with van der Waals surface area (Å²) in [6.07, 6.45) is 2.01. The van der Waals surface area contributed by atoms with E-state index in [0.717, 1.165) is 12.7 Å². The van der Waals surface area contributed by atoms with Gasteiger partial charge in [0.1, 0.15) is 0 Å². The standard InChI is InChI=1S/C9H17BBr2O2/c1-7-5-8(2,3)14-10(13-7)6-9(4,11)12/h7H,5-6H2,1-4H3. The molecule has 1 aliphatic heterocycles. The summed E-state index contributed by atoms with van der Waals surface area (Å²) >= 11 is 7.06.